The first-order valence-corrected chi connectivity index (χ1v) is 8.41. The summed E-state index contributed by atoms with van der Waals surface area (Å²) < 4.78 is 5.29. The van der Waals surface area contributed by atoms with Crippen LogP contribution in [0.25, 0.3) is 0 Å². The molecule has 116 valence electrons. The first-order chi connectivity index (χ1) is 10.7. The molecule has 1 fully saturated rings. The zero-order chi connectivity index (χ0) is 15.4. The molecule has 0 aliphatic carbocycles. The molecule has 0 bridgehead atoms. The summed E-state index contributed by atoms with van der Waals surface area (Å²) in [6, 6.07) is 8.46. The van der Waals surface area contributed by atoms with E-state index in [0.717, 1.165) is 24.1 Å². The zero-order valence-electron chi connectivity index (χ0n) is 12.7. The average molecular weight is 316 g/mol. The fraction of sp³-hybridized carbons (Fsp3) is 0.412. The van der Waals surface area contributed by atoms with E-state index in [1.807, 2.05) is 6.20 Å². The maximum Gasteiger partial charge on any atom is 0.229 e. The molecule has 22 heavy (non-hydrogen) atoms. The molecule has 3 rings (SSSR count). The summed E-state index contributed by atoms with van der Waals surface area (Å²) >= 11 is 1.55. The molecule has 0 spiro atoms. The van der Waals surface area contributed by atoms with Crippen molar-refractivity contribution >= 4 is 22.4 Å². The minimum atomic E-state index is 0.0536. The summed E-state index contributed by atoms with van der Waals surface area (Å²) in [5.74, 6) is 0.123. The molecule has 1 aromatic carbocycles. The Kier molecular flexibility index (Phi) is 4.85. The maximum absolute atomic E-state index is 12.2. The highest BCUT2D eigenvalue weighted by atomic mass is 32.1. The number of nitrogens with zero attached hydrogens (tertiary/aromatic N) is 1. The molecule has 1 aromatic heterocycles. The number of hydrogen-bond donors (Lipinski definition) is 1. The van der Waals surface area contributed by atoms with Crippen LogP contribution in [0.5, 0.6) is 0 Å². The molecule has 4 nitrogen and oxygen atoms in total. The number of carbonyl (C=O) groups is 1. The Labute approximate surface area is 134 Å². The third kappa shape index (κ3) is 3.93. The summed E-state index contributed by atoms with van der Waals surface area (Å²) in [7, 11) is 0. The van der Waals surface area contributed by atoms with Crippen LogP contribution in [-0.2, 0) is 16.0 Å². The van der Waals surface area contributed by atoms with Crippen LogP contribution in [0.15, 0.2) is 30.5 Å². The van der Waals surface area contributed by atoms with Gasteiger partial charge in [-0.2, -0.15) is 0 Å². The van der Waals surface area contributed by atoms with Gasteiger partial charge in [-0.3, -0.25) is 4.79 Å². The first kappa shape index (κ1) is 15.2. The summed E-state index contributed by atoms with van der Waals surface area (Å²) in [6.45, 7) is 3.44. The maximum atomic E-state index is 12.2. The van der Waals surface area contributed by atoms with E-state index < -0.39 is 0 Å². The van der Waals surface area contributed by atoms with Crippen molar-refractivity contribution in [3.63, 3.8) is 0 Å². The highest BCUT2D eigenvalue weighted by Gasteiger charge is 2.22. The molecular formula is C17H20N2O2S. The second-order valence-electron chi connectivity index (χ2n) is 5.67. The van der Waals surface area contributed by atoms with Crippen LogP contribution >= 0.6 is 11.3 Å². The lowest BCUT2D eigenvalue weighted by Crippen LogP contribution is -2.28. The standard InChI is InChI=1S/C17H20N2O2S/c1-12-3-2-4-13(9-12)10-15-11-18-17(22-15)19-16(20)14-5-7-21-8-6-14/h2-4,9,11,14H,5-8,10H2,1H3,(H,18,19,20). The monoisotopic (exact) mass is 316 g/mol. The van der Waals surface area contributed by atoms with Crippen molar-refractivity contribution in [1.29, 1.82) is 0 Å². The fourth-order valence-corrected chi connectivity index (χ4v) is 3.49. The van der Waals surface area contributed by atoms with Gasteiger partial charge in [0.15, 0.2) is 5.13 Å². The number of hydrogen-bond acceptors (Lipinski definition) is 4. The molecule has 2 heterocycles. The van der Waals surface area contributed by atoms with Crippen molar-refractivity contribution in [2.45, 2.75) is 26.2 Å². The van der Waals surface area contributed by atoms with Crippen molar-refractivity contribution in [2.24, 2.45) is 5.92 Å². The fourth-order valence-electron chi connectivity index (χ4n) is 2.64. The average Bonchev–Trinajstić information content (AvgIpc) is 2.95. The predicted octanol–water partition coefficient (Wildman–Crippen LogP) is 3.41. The third-order valence-corrected chi connectivity index (χ3v) is 4.75. The minimum Gasteiger partial charge on any atom is -0.381 e. The lowest BCUT2D eigenvalue weighted by molar-refractivity contribution is -0.122. The summed E-state index contributed by atoms with van der Waals surface area (Å²) in [5.41, 5.74) is 2.53. The van der Waals surface area contributed by atoms with E-state index in [0.29, 0.717) is 18.3 Å². The number of rotatable bonds is 4. The molecule has 1 saturated heterocycles. The van der Waals surface area contributed by atoms with Gasteiger partial charge in [0, 0.05) is 36.6 Å². The molecule has 1 aliphatic heterocycles. The van der Waals surface area contributed by atoms with E-state index in [9.17, 15) is 4.79 Å². The van der Waals surface area contributed by atoms with Crippen molar-refractivity contribution in [3.8, 4) is 0 Å². The van der Waals surface area contributed by atoms with Crippen LogP contribution < -0.4 is 5.32 Å². The van der Waals surface area contributed by atoms with Gasteiger partial charge in [0.2, 0.25) is 5.91 Å². The topological polar surface area (TPSA) is 51.2 Å². The van der Waals surface area contributed by atoms with Crippen LogP contribution in [0, 0.1) is 12.8 Å². The SMILES string of the molecule is Cc1cccc(Cc2cnc(NC(=O)C3CCOCC3)s2)c1. The number of benzene rings is 1. The Balaban J connectivity index is 1.60. The number of aromatic nitrogens is 1. The highest BCUT2D eigenvalue weighted by molar-refractivity contribution is 7.15. The van der Waals surface area contributed by atoms with Crippen LogP contribution in [0.1, 0.15) is 28.8 Å². The molecule has 0 saturated carbocycles. The van der Waals surface area contributed by atoms with E-state index in [1.54, 1.807) is 11.3 Å². The Hall–Kier alpha value is -1.72. The normalized spacial score (nSPS) is 15.7. The summed E-state index contributed by atoms with van der Waals surface area (Å²) in [5, 5.41) is 3.64. The van der Waals surface area contributed by atoms with E-state index in [1.165, 1.54) is 11.1 Å². The number of thiazole rings is 1. The highest BCUT2D eigenvalue weighted by Crippen LogP contribution is 2.23. The molecular weight excluding hydrogens is 296 g/mol. The number of ether oxygens (including phenoxy) is 1. The first-order valence-electron chi connectivity index (χ1n) is 7.59. The second kappa shape index (κ2) is 7.03. The van der Waals surface area contributed by atoms with Crippen molar-refractivity contribution in [3.05, 3.63) is 46.5 Å². The molecule has 1 N–H and O–H groups in total. The van der Waals surface area contributed by atoms with Crippen LogP contribution in [-0.4, -0.2) is 24.1 Å². The van der Waals surface area contributed by atoms with Gasteiger partial charge in [0.25, 0.3) is 0 Å². The van der Waals surface area contributed by atoms with Gasteiger partial charge in [0.1, 0.15) is 0 Å². The molecule has 1 amide bonds. The number of amides is 1. The van der Waals surface area contributed by atoms with Crippen LogP contribution in [0.4, 0.5) is 5.13 Å². The lowest BCUT2D eigenvalue weighted by Gasteiger charge is -2.20. The Morgan fingerprint density at radius 3 is 3.00 bits per heavy atom. The third-order valence-electron chi connectivity index (χ3n) is 3.84. The summed E-state index contributed by atoms with van der Waals surface area (Å²) in [6.07, 6.45) is 4.31. The van der Waals surface area contributed by atoms with Crippen molar-refractivity contribution in [1.82, 2.24) is 4.98 Å². The Morgan fingerprint density at radius 1 is 1.41 bits per heavy atom. The number of aryl methyl sites for hydroxylation is 1. The van der Waals surface area contributed by atoms with Crippen molar-refractivity contribution in [2.75, 3.05) is 18.5 Å². The lowest BCUT2D eigenvalue weighted by atomic mass is 10.00. The minimum absolute atomic E-state index is 0.0536. The zero-order valence-corrected chi connectivity index (χ0v) is 13.5. The number of anilines is 1. The second-order valence-corrected chi connectivity index (χ2v) is 6.79. The number of nitrogens with one attached hydrogen (secondary N) is 1. The molecule has 2 aromatic rings. The Bertz CT molecular complexity index is 648. The quantitative estimate of drug-likeness (QED) is 0.940. The number of carbonyl (C=O) groups excluding carboxylic acids is 1. The molecule has 0 unspecified atom stereocenters. The van der Waals surface area contributed by atoms with E-state index >= 15 is 0 Å². The summed E-state index contributed by atoms with van der Waals surface area (Å²) in [4.78, 5) is 17.7. The van der Waals surface area contributed by atoms with E-state index in [4.69, 9.17) is 4.74 Å². The van der Waals surface area contributed by atoms with Crippen LogP contribution in [0.3, 0.4) is 0 Å². The van der Waals surface area contributed by atoms with Gasteiger partial charge in [0.05, 0.1) is 0 Å². The largest absolute Gasteiger partial charge is 0.381 e. The molecule has 1 aliphatic rings. The molecule has 0 radical (unpaired) electrons. The smallest absolute Gasteiger partial charge is 0.229 e. The van der Waals surface area contributed by atoms with Gasteiger partial charge >= 0.3 is 0 Å². The van der Waals surface area contributed by atoms with E-state index in [2.05, 4.69) is 41.5 Å². The predicted molar refractivity (Wildman–Crippen MR) is 88.3 cm³/mol. The van der Waals surface area contributed by atoms with Crippen LogP contribution in [0.2, 0.25) is 0 Å². The molecule has 5 heteroatoms. The molecule has 0 atom stereocenters. The van der Waals surface area contributed by atoms with Gasteiger partial charge in [-0.05, 0) is 25.3 Å². The van der Waals surface area contributed by atoms with Gasteiger partial charge < -0.3 is 10.1 Å². The van der Waals surface area contributed by atoms with Gasteiger partial charge in [-0.1, -0.05) is 29.8 Å². The van der Waals surface area contributed by atoms with Gasteiger partial charge in [-0.25, -0.2) is 4.98 Å². The van der Waals surface area contributed by atoms with E-state index in [-0.39, 0.29) is 11.8 Å². The Morgan fingerprint density at radius 2 is 2.23 bits per heavy atom. The van der Waals surface area contributed by atoms with Gasteiger partial charge in [-0.15, -0.1) is 11.3 Å². The van der Waals surface area contributed by atoms with Crippen molar-refractivity contribution < 1.29 is 9.53 Å².